The summed E-state index contributed by atoms with van der Waals surface area (Å²) in [7, 11) is -3.19. The van der Waals surface area contributed by atoms with E-state index in [-0.39, 0.29) is 0 Å². The third-order valence-electron chi connectivity index (χ3n) is 1.33. The Bertz CT molecular complexity index is 373. The van der Waals surface area contributed by atoms with Crippen LogP contribution >= 0.6 is 0 Å². The minimum atomic E-state index is -3.19. The zero-order valence-electron chi connectivity index (χ0n) is 6.90. The fourth-order valence-corrected chi connectivity index (χ4v) is 1.38. The van der Waals surface area contributed by atoms with Crippen LogP contribution in [0.25, 0.3) is 0 Å². The Morgan fingerprint density at radius 2 is 2.17 bits per heavy atom. The van der Waals surface area contributed by atoms with Gasteiger partial charge < -0.3 is 0 Å². The first kappa shape index (κ1) is 8.99. The molecule has 0 aromatic carbocycles. The van der Waals surface area contributed by atoms with E-state index in [4.69, 9.17) is 0 Å². The van der Waals surface area contributed by atoms with Gasteiger partial charge in [0.15, 0.2) is 0 Å². The maximum atomic E-state index is 10.8. The van der Waals surface area contributed by atoms with E-state index in [1.54, 1.807) is 12.3 Å². The monoisotopic (exact) mass is 186 g/mol. The molecule has 1 aromatic rings. The Morgan fingerprint density at radius 3 is 2.67 bits per heavy atom. The quantitative estimate of drug-likeness (QED) is 0.741. The molecule has 66 valence electrons. The second-order valence-corrected chi connectivity index (χ2v) is 4.31. The third-order valence-corrected chi connectivity index (χ3v) is 1.93. The minimum Gasteiger partial charge on any atom is -0.282 e. The summed E-state index contributed by atoms with van der Waals surface area (Å²) >= 11 is 0. The van der Waals surface area contributed by atoms with Gasteiger partial charge in [-0.15, -0.1) is 0 Å². The van der Waals surface area contributed by atoms with Gasteiger partial charge in [-0.1, -0.05) is 0 Å². The molecular formula is C7H10N2O2S. The molecule has 0 aliphatic carbocycles. The minimum absolute atomic E-state index is 0.528. The van der Waals surface area contributed by atoms with Crippen LogP contribution in [0.1, 0.15) is 5.56 Å². The summed E-state index contributed by atoms with van der Waals surface area (Å²) in [4.78, 5) is 3.80. The van der Waals surface area contributed by atoms with E-state index >= 15 is 0 Å². The summed E-state index contributed by atoms with van der Waals surface area (Å²) in [6.07, 6.45) is 4.21. The lowest BCUT2D eigenvalue weighted by molar-refractivity contribution is 0.606. The zero-order valence-corrected chi connectivity index (χ0v) is 7.72. The van der Waals surface area contributed by atoms with Gasteiger partial charge in [-0.3, -0.25) is 9.71 Å². The van der Waals surface area contributed by atoms with Crippen LogP contribution in [0, 0.1) is 6.92 Å². The number of nitrogens with zero attached hydrogens (tertiary/aromatic N) is 1. The van der Waals surface area contributed by atoms with Gasteiger partial charge in [0.05, 0.1) is 18.1 Å². The molecule has 0 aliphatic rings. The van der Waals surface area contributed by atoms with Crippen molar-refractivity contribution in [3.8, 4) is 0 Å². The molecule has 0 bridgehead atoms. The predicted molar refractivity (Wildman–Crippen MR) is 47.4 cm³/mol. The van der Waals surface area contributed by atoms with Crippen LogP contribution in [0.3, 0.4) is 0 Å². The molecule has 1 aromatic heterocycles. The molecule has 0 spiro atoms. The number of pyridine rings is 1. The fraction of sp³-hybridized carbons (Fsp3) is 0.286. The first-order chi connectivity index (χ1) is 5.49. The maximum Gasteiger partial charge on any atom is 0.229 e. The van der Waals surface area contributed by atoms with Gasteiger partial charge in [-0.25, -0.2) is 8.42 Å². The highest BCUT2D eigenvalue weighted by atomic mass is 32.2. The summed E-state index contributed by atoms with van der Waals surface area (Å²) in [6, 6.07) is 1.74. The number of aromatic nitrogens is 1. The first-order valence-electron chi connectivity index (χ1n) is 3.37. The zero-order chi connectivity index (χ0) is 9.19. The molecule has 1 heterocycles. The van der Waals surface area contributed by atoms with E-state index in [0.29, 0.717) is 5.69 Å². The van der Waals surface area contributed by atoms with Gasteiger partial charge >= 0.3 is 0 Å². The van der Waals surface area contributed by atoms with Crippen LogP contribution in [0.15, 0.2) is 18.5 Å². The van der Waals surface area contributed by atoms with Crippen LogP contribution in [0.4, 0.5) is 5.69 Å². The van der Waals surface area contributed by atoms with Crippen LogP contribution in [-0.4, -0.2) is 19.7 Å². The van der Waals surface area contributed by atoms with Crippen molar-refractivity contribution in [3.63, 3.8) is 0 Å². The van der Waals surface area contributed by atoms with Gasteiger partial charge in [-0.05, 0) is 18.6 Å². The topological polar surface area (TPSA) is 59.1 Å². The normalized spacial score (nSPS) is 11.2. The summed E-state index contributed by atoms with van der Waals surface area (Å²) in [5.41, 5.74) is 1.38. The van der Waals surface area contributed by atoms with Crippen molar-refractivity contribution in [1.82, 2.24) is 4.98 Å². The van der Waals surface area contributed by atoms with E-state index in [1.165, 1.54) is 6.20 Å². The van der Waals surface area contributed by atoms with Gasteiger partial charge in [0.1, 0.15) is 0 Å². The summed E-state index contributed by atoms with van der Waals surface area (Å²) < 4.78 is 24.0. The SMILES string of the molecule is Cc1ccncc1NS(C)(=O)=O. The summed E-state index contributed by atoms with van der Waals surface area (Å²) in [6.45, 7) is 1.81. The van der Waals surface area contributed by atoms with Crippen molar-refractivity contribution < 1.29 is 8.42 Å². The molecule has 0 fully saturated rings. The molecule has 0 saturated heterocycles. The lowest BCUT2D eigenvalue weighted by Crippen LogP contribution is -2.10. The number of sulfonamides is 1. The Labute approximate surface area is 71.7 Å². The number of hydrogen-bond acceptors (Lipinski definition) is 3. The molecule has 1 rings (SSSR count). The van der Waals surface area contributed by atoms with E-state index in [0.717, 1.165) is 11.8 Å². The molecular weight excluding hydrogens is 176 g/mol. The largest absolute Gasteiger partial charge is 0.282 e. The number of rotatable bonds is 2. The molecule has 0 unspecified atom stereocenters. The van der Waals surface area contributed by atoms with Gasteiger partial charge in [0.2, 0.25) is 10.0 Å². The molecule has 12 heavy (non-hydrogen) atoms. The fourth-order valence-electron chi connectivity index (χ4n) is 0.771. The Morgan fingerprint density at radius 1 is 1.50 bits per heavy atom. The van der Waals surface area contributed by atoms with E-state index in [1.807, 2.05) is 6.92 Å². The Balaban J connectivity index is 2.98. The Kier molecular flexibility index (Phi) is 2.32. The van der Waals surface area contributed by atoms with Crippen molar-refractivity contribution in [2.75, 3.05) is 11.0 Å². The van der Waals surface area contributed by atoms with Gasteiger partial charge in [-0.2, -0.15) is 0 Å². The molecule has 0 saturated carbocycles. The summed E-state index contributed by atoms with van der Waals surface area (Å²) in [5, 5.41) is 0. The highest BCUT2D eigenvalue weighted by molar-refractivity contribution is 7.92. The highest BCUT2D eigenvalue weighted by Crippen LogP contribution is 2.12. The number of hydrogen-bond donors (Lipinski definition) is 1. The average Bonchev–Trinajstić information content (AvgIpc) is 1.91. The summed E-state index contributed by atoms with van der Waals surface area (Å²) in [5.74, 6) is 0. The number of aryl methyl sites for hydroxylation is 1. The molecule has 4 nitrogen and oxygen atoms in total. The van der Waals surface area contributed by atoms with Crippen molar-refractivity contribution in [2.45, 2.75) is 6.92 Å². The second-order valence-electron chi connectivity index (χ2n) is 2.56. The number of nitrogens with one attached hydrogen (secondary N) is 1. The van der Waals surface area contributed by atoms with Crippen LogP contribution in [0.2, 0.25) is 0 Å². The van der Waals surface area contributed by atoms with Crippen LogP contribution < -0.4 is 4.72 Å². The van der Waals surface area contributed by atoms with Crippen LogP contribution in [-0.2, 0) is 10.0 Å². The lowest BCUT2D eigenvalue weighted by atomic mass is 10.3. The van der Waals surface area contributed by atoms with E-state index in [2.05, 4.69) is 9.71 Å². The van der Waals surface area contributed by atoms with Crippen molar-refractivity contribution in [1.29, 1.82) is 0 Å². The second kappa shape index (κ2) is 3.10. The molecule has 0 radical (unpaired) electrons. The van der Waals surface area contributed by atoms with Crippen LogP contribution in [0.5, 0.6) is 0 Å². The predicted octanol–water partition coefficient (Wildman–Crippen LogP) is 0.762. The maximum absolute atomic E-state index is 10.8. The molecule has 0 aliphatic heterocycles. The number of anilines is 1. The van der Waals surface area contributed by atoms with E-state index < -0.39 is 10.0 Å². The first-order valence-corrected chi connectivity index (χ1v) is 5.26. The van der Waals surface area contributed by atoms with Gasteiger partial charge in [0.25, 0.3) is 0 Å². The lowest BCUT2D eigenvalue weighted by Gasteiger charge is -2.04. The smallest absolute Gasteiger partial charge is 0.229 e. The average molecular weight is 186 g/mol. The van der Waals surface area contributed by atoms with Gasteiger partial charge in [0, 0.05) is 6.20 Å². The third kappa shape index (κ3) is 2.50. The molecule has 0 atom stereocenters. The van der Waals surface area contributed by atoms with E-state index in [9.17, 15) is 8.42 Å². The Hall–Kier alpha value is -1.10. The highest BCUT2D eigenvalue weighted by Gasteiger charge is 2.03. The molecule has 5 heteroatoms. The van der Waals surface area contributed by atoms with Crippen molar-refractivity contribution >= 4 is 15.7 Å². The molecule has 1 N–H and O–H groups in total. The standard InChI is InChI=1S/C7H10N2O2S/c1-6-3-4-8-5-7(6)9-12(2,10)11/h3-5,9H,1-2H3. The molecule has 0 amide bonds. The van der Waals surface area contributed by atoms with Crippen molar-refractivity contribution in [2.24, 2.45) is 0 Å². The van der Waals surface area contributed by atoms with Crippen molar-refractivity contribution in [3.05, 3.63) is 24.0 Å².